The number of carbonyl (C=O) groups is 1. The van der Waals surface area contributed by atoms with E-state index in [1.54, 1.807) is 11.3 Å². The van der Waals surface area contributed by atoms with Gasteiger partial charge in [0.2, 0.25) is 5.91 Å². The molecular formula is C18H24N4OS. The first-order chi connectivity index (χ1) is 11.7. The van der Waals surface area contributed by atoms with E-state index in [1.807, 2.05) is 12.1 Å². The number of piperidine rings is 1. The van der Waals surface area contributed by atoms with Crippen LogP contribution in [0, 0.1) is 11.8 Å². The van der Waals surface area contributed by atoms with E-state index in [0.717, 1.165) is 36.6 Å². The lowest BCUT2D eigenvalue weighted by Gasteiger charge is -2.31. The molecule has 3 N–H and O–H groups in total. The number of hydrogen-bond donors (Lipinski definition) is 2. The van der Waals surface area contributed by atoms with Gasteiger partial charge in [0.15, 0.2) is 5.13 Å². The molecule has 24 heavy (non-hydrogen) atoms. The smallest absolute Gasteiger partial charge is 0.223 e. The third kappa shape index (κ3) is 3.39. The Hall–Kier alpha value is -1.66. The molecule has 0 spiro atoms. The van der Waals surface area contributed by atoms with E-state index in [9.17, 15) is 4.79 Å². The molecule has 4 rings (SSSR count). The predicted octanol–water partition coefficient (Wildman–Crippen LogP) is 2.37. The van der Waals surface area contributed by atoms with E-state index in [1.165, 1.54) is 17.5 Å². The second kappa shape index (κ2) is 6.69. The molecule has 1 aliphatic carbocycles. The molecule has 2 aliphatic rings. The third-order valence-electron chi connectivity index (χ3n) is 5.16. The van der Waals surface area contributed by atoms with Gasteiger partial charge in [0, 0.05) is 31.6 Å². The Morgan fingerprint density at radius 1 is 1.29 bits per heavy atom. The van der Waals surface area contributed by atoms with Crippen LogP contribution < -0.4 is 16.0 Å². The van der Waals surface area contributed by atoms with Crippen molar-refractivity contribution in [1.29, 1.82) is 0 Å². The number of aromatic nitrogens is 1. The number of carbonyl (C=O) groups excluding carboxylic acids is 1. The van der Waals surface area contributed by atoms with Crippen LogP contribution in [0.4, 0.5) is 5.13 Å². The van der Waals surface area contributed by atoms with Crippen molar-refractivity contribution in [2.45, 2.75) is 31.7 Å². The Balaban J connectivity index is 1.30. The summed E-state index contributed by atoms with van der Waals surface area (Å²) in [4.78, 5) is 19.4. The van der Waals surface area contributed by atoms with E-state index < -0.39 is 0 Å². The molecule has 1 unspecified atom stereocenters. The van der Waals surface area contributed by atoms with E-state index in [0.29, 0.717) is 12.5 Å². The number of fused-ring (bicyclic) bond motifs is 1. The summed E-state index contributed by atoms with van der Waals surface area (Å²) in [6.07, 6.45) is 4.22. The SMILES string of the molecule is NC(CNC(=O)C1CCN(c2nc3ccccc3s2)CC1)C1CC1. The van der Waals surface area contributed by atoms with E-state index >= 15 is 0 Å². The van der Waals surface area contributed by atoms with Gasteiger partial charge in [-0.25, -0.2) is 4.98 Å². The van der Waals surface area contributed by atoms with E-state index in [4.69, 9.17) is 10.7 Å². The number of rotatable bonds is 5. The Bertz CT molecular complexity index is 686. The summed E-state index contributed by atoms with van der Waals surface area (Å²) in [5.41, 5.74) is 7.12. The van der Waals surface area contributed by atoms with Gasteiger partial charge in [-0.15, -0.1) is 0 Å². The van der Waals surface area contributed by atoms with Gasteiger partial charge >= 0.3 is 0 Å². The molecule has 1 aromatic heterocycles. The minimum atomic E-state index is 0.113. The Kier molecular flexibility index (Phi) is 4.41. The van der Waals surface area contributed by atoms with Crippen LogP contribution in [0.2, 0.25) is 0 Å². The average Bonchev–Trinajstić information content (AvgIpc) is 3.38. The Morgan fingerprint density at radius 2 is 2.04 bits per heavy atom. The van der Waals surface area contributed by atoms with Gasteiger partial charge in [0.05, 0.1) is 10.2 Å². The highest BCUT2D eigenvalue weighted by molar-refractivity contribution is 7.22. The molecule has 1 saturated carbocycles. The fraction of sp³-hybridized carbons (Fsp3) is 0.556. The van der Waals surface area contributed by atoms with Crippen molar-refractivity contribution in [2.75, 3.05) is 24.5 Å². The fourth-order valence-corrected chi connectivity index (χ4v) is 4.40. The second-order valence-electron chi connectivity index (χ2n) is 6.97. The summed E-state index contributed by atoms with van der Waals surface area (Å²) in [7, 11) is 0. The molecule has 128 valence electrons. The third-order valence-corrected chi connectivity index (χ3v) is 6.26. The molecular weight excluding hydrogens is 320 g/mol. The number of anilines is 1. The van der Waals surface area contributed by atoms with Crippen LogP contribution >= 0.6 is 11.3 Å². The molecule has 2 heterocycles. The van der Waals surface area contributed by atoms with Gasteiger partial charge in [-0.05, 0) is 43.7 Å². The normalized spacial score (nSPS) is 20.3. The van der Waals surface area contributed by atoms with Crippen LogP contribution in [0.1, 0.15) is 25.7 Å². The molecule has 1 atom stereocenters. The van der Waals surface area contributed by atoms with E-state index in [2.05, 4.69) is 22.3 Å². The van der Waals surface area contributed by atoms with Crippen molar-refractivity contribution in [2.24, 2.45) is 17.6 Å². The summed E-state index contributed by atoms with van der Waals surface area (Å²) >= 11 is 1.74. The van der Waals surface area contributed by atoms with Crippen LogP contribution in [-0.4, -0.2) is 36.6 Å². The van der Waals surface area contributed by atoms with Gasteiger partial charge in [-0.2, -0.15) is 0 Å². The van der Waals surface area contributed by atoms with Crippen LogP contribution in [0.3, 0.4) is 0 Å². The number of para-hydroxylation sites is 1. The molecule has 2 fully saturated rings. The molecule has 1 aromatic carbocycles. The molecule has 1 saturated heterocycles. The lowest BCUT2D eigenvalue weighted by Crippen LogP contribution is -2.44. The minimum absolute atomic E-state index is 0.113. The van der Waals surface area contributed by atoms with Crippen molar-refractivity contribution in [3.8, 4) is 0 Å². The maximum Gasteiger partial charge on any atom is 0.223 e. The van der Waals surface area contributed by atoms with Crippen LogP contribution in [-0.2, 0) is 4.79 Å². The molecule has 6 heteroatoms. The van der Waals surface area contributed by atoms with Crippen molar-refractivity contribution < 1.29 is 4.79 Å². The molecule has 2 aromatic rings. The van der Waals surface area contributed by atoms with E-state index in [-0.39, 0.29) is 17.9 Å². The standard InChI is InChI=1S/C18H24N4OS/c19-14(12-5-6-12)11-20-17(23)13-7-9-22(10-8-13)18-21-15-3-1-2-4-16(15)24-18/h1-4,12-14H,5-11,19H2,(H,20,23). The van der Waals surface area contributed by atoms with Crippen LogP contribution in [0.15, 0.2) is 24.3 Å². The molecule has 1 amide bonds. The highest BCUT2D eigenvalue weighted by Crippen LogP contribution is 2.32. The molecule has 5 nitrogen and oxygen atoms in total. The zero-order valence-corrected chi connectivity index (χ0v) is 14.6. The van der Waals surface area contributed by atoms with Crippen LogP contribution in [0.5, 0.6) is 0 Å². The number of nitrogens with two attached hydrogens (primary N) is 1. The number of benzene rings is 1. The Morgan fingerprint density at radius 3 is 2.75 bits per heavy atom. The van der Waals surface area contributed by atoms with Crippen molar-refractivity contribution >= 4 is 32.6 Å². The van der Waals surface area contributed by atoms with Crippen molar-refractivity contribution in [1.82, 2.24) is 10.3 Å². The first-order valence-corrected chi connectivity index (χ1v) is 9.66. The first-order valence-electron chi connectivity index (χ1n) is 8.84. The maximum absolute atomic E-state index is 12.3. The second-order valence-corrected chi connectivity index (χ2v) is 7.98. The number of nitrogens with one attached hydrogen (secondary N) is 1. The summed E-state index contributed by atoms with van der Waals surface area (Å²) in [6.45, 7) is 2.42. The first kappa shape index (κ1) is 15.8. The van der Waals surface area contributed by atoms with Gasteiger partial charge in [-0.1, -0.05) is 23.5 Å². The van der Waals surface area contributed by atoms with Gasteiger partial charge in [-0.3, -0.25) is 4.79 Å². The number of thiazole rings is 1. The highest BCUT2D eigenvalue weighted by atomic mass is 32.1. The zero-order valence-electron chi connectivity index (χ0n) is 13.8. The quantitative estimate of drug-likeness (QED) is 0.873. The summed E-state index contributed by atoms with van der Waals surface area (Å²) in [6, 6.07) is 8.37. The topological polar surface area (TPSA) is 71.2 Å². The summed E-state index contributed by atoms with van der Waals surface area (Å²) in [5.74, 6) is 0.920. The number of nitrogens with zero attached hydrogens (tertiary/aromatic N) is 2. The van der Waals surface area contributed by atoms with Gasteiger partial charge < -0.3 is 16.0 Å². The highest BCUT2D eigenvalue weighted by Gasteiger charge is 2.30. The Labute approximate surface area is 146 Å². The van der Waals surface area contributed by atoms with Gasteiger partial charge in [0.1, 0.15) is 0 Å². The zero-order chi connectivity index (χ0) is 16.5. The fourth-order valence-electron chi connectivity index (χ4n) is 3.38. The largest absolute Gasteiger partial charge is 0.354 e. The lowest BCUT2D eigenvalue weighted by molar-refractivity contribution is -0.125. The average molecular weight is 344 g/mol. The summed E-state index contributed by atoms with van der Waals surface area (Å²) < 4.78 is 1.22. The summed E-state index contributed by atoms with van der Waals surface area (Å²) in [5, 5.41) is 4.13. The lowest BCUT2D eigenvalue weighted by atomic mass is 9.96. The molecule has 0 radical (unpaired) electrons. The van der Waals surface area contributed by atoms with Gasteiger partial charge in [0.25, 0.3) is 0 Å². The van der Waals surface area contributed by atoms with Crippen LogP contribution in [0.25, 0.3) is 10.2 Å². The number of hydrogen-bond acceptors (Lipinski definition) is 5. The molecule has 0 bridgehead atoms. The molecule has 1 aliphatic heterocycles. The van der Waals surface area contributed by atoms with Crippen molar-refractivity contribution in [3.63, 3.8) is 0 Å². The predicted molar refractivity (Wildman–Crippen MR) is 98.3 cm³/mol. The maximum atomic E-state index is 12.3. The minimum Gasteiger partial charge on any atom is -0.354 e. The number of amides is 1. The monoisotopic (exact) mass is 344 g/mol. The van der Waals surface area contributed by atoms with Crippen molar-refractivity contribution in [3.05, 3.63) is 24.3 Å².